The number of rotatable bonds is 2. The standard InChI is InChI=1S/C17H23NO3/c1-16(2)10-14(19)11-17(3,4)18(16)15(20)21-12-13-8-6-5-7-9-13/h5-9H,10-12H2,1-4H3. The largest absolute Gasteiger partial charge is 0.445 e. The zero-order valence-electron chi connectivity index (χ0n) is 13.2. The van der Waals surface area contributed by atoms with Crippen molar-refractivity contribution >= 4 is 11.9 Å². The number of ether oxygens (including phenoxy) is 1. The summed E-state index contributed by atoms with van der Waals surface area (Å²) in [5.74, 6) is 0.192. The van der Waals surface area contributed by atoms with Crippen LogP contribution in [-0.2, 0) is 16.1 Å². The molecule has 1 heterocycles. The Bertz CT molecular complexity index is 514. The highest BCUT2D eigenvalue weighted by atomic mass is 16.6. The van der Waals surface area contributed by atoms with Crippen molar-refractivity contribution in [2.24, 2.45) is 0 Å². The van der Waals surface area contributed by atoms with Gasteiger partial charge in [0.25, 0.3) is 0 Å². The van der Waals surface area contributed by atoms with E-state index in [1.807, 2.05) is 58.0 Å². The van der Waals surface area contributed by atoms with Crippen molar-refractivity contribution in [3.8, 4) is 0 Å². The molecule has 4 heteroatoms. The lowest BCUT2D eigenvalue weighted by Crippen LogP contribution is -2.63. The van der Waals surface area contributed by atoms with Crippen LogP contribution in [0.3, 0.4) is 0 Å². The highest BCUT2D eigenvalue weighted by molar-refractivity contribution is 5.84. The van der Waals surface area contributed by atoms with Crippen molar-refractivity contribution in [2.75, 3.05) is 0 Å². The molecule has 1 saturated heterocycles. The fourth-order valence-electron chi connectivity index (χ4n) is 3.28. The van der Waals surface area contributed by atoms with Crippen LogP contribution in [-0.4, -0.2) is 27.9 Å². The molecule has 1 amide bonds. The van der Waals surface area contributed by atoms with E-state index in [2.05, 4.69) is 0 Å². The summed E-state index contributed by atoms with van der Waals surface area (Å²) in [7, 11) is 0. The second-order valence-electron chi connectivity index (χ2n) is 6.89. The third kappa shape index (κ3) is 3.43. The summed E-state index contributed by atoms with van der Waals surface area (Å²) in [4.78, 5) is 26.1. The first-order valence-corrected chi connectivity index (χ1v) is 7.25. The Morgan fingerprint density at radius 3 is 2.14 bits per heavy atom. The van der Waals surface area contributed by atoms with Crippen LogP contribution in [0.1, 0.15) is 46.1 Å². The predicted molar refractivity (Wildman–Crippen MR) is 80.9 cm³/mol. The van der Waals surface area contributed by atoms with E-state index in [4.69, 9.17) is 4.74 Å². The van der Waals surface area contributed by atoms with E-state index in [1.165, 1.54) is 0 Å². The van der Waals surface area contributed by atoms with Crippen molar-refractivity contribution in [3.05, 3.63) is 35.9 Å². The number of nitrogens with zero attached hydrogens (tertiary/aromatic N) is 1. The summed E-state index contributed by atoms with van der Waals surface area (Å²) in [6.07, 6.45) is 0.384. The second-order valence-corrected chi connectivity index (χ2v) is 6.89. The third-order valence-corrected chi connectivity index (χ3v) is 3.86. The summed E-state index contributed by atoms with van der Waals surface area (Å²) >= 11 is 0. The minimum absolute atomic E-state index is 0.192. The van der Waals surface area contributed by atoms with Crippen molar-refractivity contribution in [3.63, 3.8) is 0 Å². The first-order valence-electron chi connectivity index (χ1n) is 7.25. The number of ketones is 1. The molecule has 114 valence electrons. The van der Waals surface area contributed by atoms with Crippen molar-refractivity contribution in [1.29, 1.82) is 0 Å². The topological polar surface area (TPSA) is 46.6 Å². The molecule has 0 bridgehead atoms. The van der Waals surface area contributed by atoms with Gasteiger partial charge >= 0.3 is 6.09 Å². The van der Waals surface area contributed by atoms with Crippen molar-refractivity contribution in [2.45, 2.75) is 58.2 Å². The molecule has 21 heavy (non-hydrogen) atoms. The van der Waals surface area contributed by atoms with Gasteiger partial charge in [-0.15, -0.1) is 0 Å². The summed E-state index contributed by atoms with van der Waals surface area (Å²) < 4.78 is 5.45. The number of likely N-dealkylation sites (tertiary alicyclic amines) is 1. The number of carbonyl (C=O) groups excluding carboxylic acids is 2. The molecule has 1 aliphatic rings. The minimum Gasteiger partial charge on any atom is -0.445 e. The Balaban J connectivity index is 2.11. The first kappa shape index (κ1) is 15.5. The minimum atomic E-state index is -0.521. The van der Waals surface area contributed by atoms with Gasteiger partial charge in [0.2, 0.25) is 0 Å². The van der Waals surface area contributed by atoms with Crippen LogP contribution < -0.4 is 0 Å². The van der Waals surface area contributed by atoms with Gasteiger partial charge in [-0.1, -0.05) is 30.3 Å². The molecule has 0 N–H and O–H groups in total. The zero-order chi connectivity index (χ0) is 15.7. The quantitative estimate of drug-likeness (QED) is 0.836. The number of piperidine rings is 1. The molecule has 4 nitrogen and oxygen atoms in total. The van der Waals surface area contributed by atoms with Crippen LogP contribution in [0.25, 0.3) is 0 Å². The Hall–Kier alpha value is -1.84. The van der Waals surface area contributed by atoms with Crippen molar-refractivity contribution in [1.82, 2.24) is 4.90 Å². The lowest BCUT2D eigenvalue weighted by molar-refractivity contribution is -0.131. The van der Waals surface area contributed by atoms with Crippen molar-refractivity contribution < 1.29 is 14.3 Å². The Morgan fingerprint density at radius 1 is 1.10 bits per heavy atom. The first-order chi connectivity index (χ1) is 9.72. The van der Waals surface area contributed by atoms with E-state index in [-0.39, 0.29) is 18.5 Å². The van der Waals surface area contributed by atoms with E-state index >= 15 is 0 Å². The molecule has 0 saturated carbocycles. The second kappa shape index (κ2) is 5.51. The van der Waals surface area contributed by atoms with E-state index in [1.54, 1.807) is 4.90 Å². The van der Waals surface area contributed by atoms with E-state index in [0.29, 0.717) is 12.8 Å². The van der Waals surface area contributed by atoms with E-state index in [0.717, 1.165) is 5.56 Å². The van der Waals surface area contributed by atoms with E-state index < -0.39 is 11.1 Å². The maximum Gasteiger partial charge on any atom is 0.411 e. The van der Waals surface area contributed by atoms with Gasteiger partial charge in [0.05, 0.1) is 0 Å². The monoisotopic (exact) mass is 289 g/mol. The number of benzene rings is 1. The van der Waals surface area contributed by atoms with Gasteiger partial charge in [0, 0.05) is 23.9 Å². The molecule has 0 atom stereocenters. The molecular formula is C17H23NO3. The lowest BCUT2D eigenvalue weighted by Gasteiger charge is -2.51. The van der Waals surface area contributed by atoms with Gasteiger partial charge in [-0.25, -0.2) is 4.79 Å². The SMILES string of the molecule is CC1(C)CC(=O)CC(C)(C)N1C(=O)OCc1ccccc1. The number of hydrogen-bond donors (Lipinski definition) is 0. The van der Waals surface area contributed by atoms with Crippen LogP contribution in [0, 0.1) is 0 Å². The van der Waals surface area contributed by atoms with Gasteiger partial charge in [-0.05, 0) is 33.3 Å². The maximum absolute atomic E-state index is 12.5. The molecule has 1 aromatic rings. The molecule has 1 aromatic carbocycles. The van der Waals surface area contributed by atoms with Crippen LogP contribution >= 0.6 is 0 Å². The highest BCUT2D eigenvalue weighted by Crippen LogP contribution is 2.37. The fourth-order valence-corrected chi connectivity index (χ4v) is 3.28. The molecule has 1 aliphatic heterocycles. The van der Waals surface area contributed by atoms with Crippen LogP contribution in [0.5, 0.6) is 0 Å². The smallest absolute Gasteiger partial charge is 0.411 e. The lowest BCUT2D eigenvalue weighted by atomic mass is 9.79. The molecule has 0 aromatic heterocycles. The molecule has 0 unspecified atom stereocenters. The Labute approximate surface area is 126 Å². The number of hydrogen-bond acceptors (Lipinski definition) is 3. The molecule has 1 fully saturated rings. The van der Waals surface area contributed by atoms with Gasteiger partial charge < -0.3 is 4.74 Å². The summed E-state index contributed by atoms with van der Waals surface area (Å²) in [6, 6.07) is 9.59. The van der Waals surface area contributed by atoms with Gasteiger partial charge in [0.15, 0.2) is 0 Å². The summed E-state index contributed by atoms with van der Waals surface area (Å²) in [5, 5.41) is 0. The number of Topliss-reactive ketones (excluding diaryl/α,β-unsaturated/α-hetero) is 1. The highest BCUT2D eigenvalue weighted by Gasteiger charge is 2.48. The summed E-state index contributed by atoms with van der Waals surface area (Å²) in [5.41, 5.74) is -0.0892. The number of carbonyl (C=O) groups is 2. The molecule has 0 radical (unpaired) electrons. The summed E-state index contributed by atoms with van der Waals surface area (Å²) in [6.45, 7) is 7.90. The molecular weight excluding hydrogens is 266 g/mol. The predicted octanol–water partition coefficient (Wildman–Crippen LogP) is 3.55. The van der Waals surface area contributed by atoms with Crippen LogP contribution in [0.2, 0.25) is 0 Å². The van der Waals surface area contributed by atoms with Gasteiger partial charge in [-0.2, -0.15) is 0 Å². The fraction of sp³-hybridized carbons (Fsp3) is 0.529. The third-order valence-electron chi connectivity index (χ3n) is 3.86. The van der Waals surface area contributed by atoms with Gasteiger partial charge in [0.1, 0.15) is 12.4 Å². The van der Waals surface area contributed by atoms with Gasteiger partial charge in [-0.3, -0.25) is 9.69 Å². The Morgan fingerprint density at radius 2 is 1.62 bits per heavy atom. The average molecular weight is 289 g/mol. The number of amides is 1. The zero-order valence-corrected chi connectivity index (χ0v) is 13.2. The Kier molecular flexibility index (Phi) is 4.08. The van der Waals surface area contributed by atoms with E-state index in [9.17, 15) is 9.59 Å². The average Bonchev–Trinajstić information content (AvgIpc) is 2.34. The molecule has 2 rings (SSSR count). The molecule has 0 aliphatic carbocycles. The molecule has 0 spiro atoms. The van der Waals surface area contributed by atoms with Crippen LogP contribution in [0.4, 0.5) is 4.79 Å². The van der Waals surface area contributed by atoms with Crippen LogP contribution in [0.15, 0.2) is 30.3 Å². The maximum atomic E-state index is 12.5. The normalized spacial score (nSPS) is 20.2.